The van der Waals surface area contributed by atoms with Crippen LogP contribution in [0.1, 0.15) is 24.3 Å². The zero-order valence-electron chi connectivity index (χ0n) is 9.82. The van der Waals surface area contributed by atoms with Gasteiger partial charge in [0, 0.05) is 18.9 Å². The van der Waals surface area contributed by atoms with Crippen molar-refractivity contribution in [2.45, 2.75) is 33.9 Å². The van der Waals surface area contributed by atoms with Gasteiger partial charge in [-0.25, -0.2) is 9.97 Å². The second kappa shape index (κ2) is 4.38. The van der Waals surface area contributed by atoms with Gasteiger partial charge in [-0.15, -0.1) is 0 Å². The van der Waals surface area contributed by atoms with Crippen LogP contribution in [0.5, 0.6) is 0 Å². The highest BCUT2D eigenvalue weighted by molar-refractivity contribution is 5.26. The molecular formula is C11H16N4O. The van der Waals surface area contributed by atoms with Crippen LogP contribution in [-0.2, 0) is 13.1 Å². The van der Waals surface area contributed by atoms with E-state index in [0.29, 0.717) is 12.4 Å². The van der Waals surface area contributed by atoms with Crippen LogP contribution < -0.4 is 5.32 Å². The summed E-state index contributed by atoms with van der Waals surface area (Å²) < 4.78 is 7.51. The first-order valence-electron chi connectivity index (χ1n) is 5.38. The molecule has 86 valence electrons. The predicted molar refractivity (Wildman–Crippen MR) is 61.2 cm³/mol. The number of rotatable bonds is 4. The minimum absolute atomic E-state index is 0.561. The first kappa shape index (κ1) is 10.7. The molecule has 0 saturated heterocycles. The Hall–Kier alpha value is -1.78. The second-order valence-corrected chi connectivity index (χ2v) is 3.64. The normalized spacial score (nSPS) is 10.7. The number of nitrogens with one attached hydrogen (secondary N) is 1. The number of imidazole rings is 1. The summed E-state index contributed by atoms with van der Waals surface area (Å²) in [5.74, 6) is 2.41. The summed E-state index contributed by atoms with van der Waals surface area (Å²) in [5.41, 5.74) is 0.940. The SMILES string of the molecule is CCn1ccnc1NCc1nc(C)c(C)o1. The van der Waals surface area contributed by atoms with Crippen LogP contribution in [0, 0.1) is 13.8 Å². The minimum atomic E-state index is 0.561. The lowest BCUT2D eigenvalue weighted by Crippen LogP contribution is -2.06. The number of nitrogens with zero attached hydrogens (tertiary/aromatic N) is 3. The van der Waals surface area contributed by atoms with Crippen LogP contribution in [-0.4, -0.2) is 14.5 Å². The number of oxazole rings is 1. The van der Waals surface area contributed by atoms with Gasteiger partial charge in [0.05, 0.1) is 12.2 Å². The highest BCUT2D eigenvalue weighted by Gasteiger charge is 2.06. The van der Waals surface area contributed by atoms with Crippen molar-refractivity contribution in [3.05, 3.63) is 29.7 Å². The number of anilines is 1. The van der Waals surface area contributed by atoms with Gasteiger partial charge in [-0.2, -0.15) is 0 Å². The van der Waals surface area contributed by atoms with Crippen molar-refractivity contribution in [3.8, 4) is 0 Å². The van der Waals surface area contributed by atoms with E-state index >= 15 is 0 Å². The minimum Gasteiger partial charge on any atom is -0.444 e. The van der Waals surface area contributed by atoms with E-state index in [1.165, 1.54) is 0 Å². The van der Waals surface area contributed by atoms with E-state index in [2.05, 4.69) is 22.2 Å². The summed E-state index contributed by atoms with van der Waals surface area (Å²) >= 11 is 0. The number of aryl methyl sites for hydroxylation is 3. The molecule has 2 aromatic rings. The Labute approximate surface area is 94.5 Å². The summed E-state index contributed by atoms with van der Waals surface area (Å²) in [6, 6.07) is 0. The van der Waals surface area contributed by atoms with Gasteiger partial charge in [0.1, 0.15) is 5.76 Å². The maximum atomic E-state index is 5.48. The monoisotopic (exact) mass is 220 g/mol. The lowest BCUT2D eigenvalue weighted by atomic mass is 10.4. The van der Waals surface area contributed by atoms with Gasteiger partial charge in [0.25, 0.3) is 0 Å². The van der Waals surface area contributed by atoms with Gasteiger partial charge in [0.15, 0.2) is 0 Å². The van der Waals surface area contributed by atoms with E-state index in [1.807, 2.05) is 24.6 Å². The van der Waals surface area contributed by atoms with E-state index in [4.69, 9.17) is 4.42 Å². The molecule has 0 aliphatic rings. The molecule has 2 rings (SSSR count). The van der Waals surface area contributed by atoms with Crippen LogP contribution in [0.3, 0.4) is 0 Å². The molecule has 16 heavy (non-hydrogen) atoms. The molecule has 2 heterocycles. The van der Waals surface area contributed by atoms with Gasteiger partial charge in [-0.3, -0.25) is 0 Å². The molecule has 1 N–H and O–H groups in total. The molecular weight excluding hydrogens is 204 g/mol. The zero-order valence-corrected chi connectivity index (χ0v) is 9.82. The second-order valence-electron chi connectivity index (χ2n) is 3.64. The number of hydrogen-bond acceptors (Lipinski definition) is 4. The average molecular weight is 220 g/mol. The third-order valence-corrected chi connectivity index (χ3v) is 2.53. The van der Waals surface area contributed by atoms with Crippen molar-refractivity contribution in [2.75, 3.05) is 5.32 Å². The Kier molecular flexibility index (Phi) is 2.94. The lowest BCUT2D eigenvalue weighted by Gasteiger charge is -2.05. The molecule has 0 aromatic carbocycles. The molecule has 5 nitrogen and oxygen atoms in total. The van der Waals surface area contributed by atoms with Gasteiger partial charge in [0.2, 0.25) is 11.8 Å². The molecule has 0 unspecified atom stereocenters. The lowest BCUT2D eigenvalue weighted by molar-refractivity contribution is 0.477. The molecule has 2 aromatic heterocycles. The van der Waals surface area contributed by atoms with Crippen molar-refractivity contribution in [3.63, 3.8) is 0 Å². The summed E-state index contributed by atoms with van der Waals surface area (Å²) in [6.45, 7) is 7.39. The van der Waals surface area contributed by atoms with Crippen LogP contribution in [0.15, 0.2) is 16.8 Å². The summed E-state index contributed by atoms with van der Waals surface area (Å²) in [5, 5.41) is 3.20. The van der Waals surface area contributed by atoms with Gasteiger partial charge in [-0.1, -0.05) is 0 Å². The van der Waals surface area contributed by atoms with Gasteiger partial charge >= 0.3 is 0 Å². The molecule has 0 spiro atoms. The molecule has 0 aliphatic carbocycles. The first-order valence-corrected chi connectivity index (χ1v) is 5.38. The quantitative estimate of drug-likeness (QED) is 0.857. The Morgan fingerprint density at radius 3 is 2.88 bits per heavy atom. The largest absolute Gasteiger partial charge is 0.444 e. The number of aromatic nitrogens is 3. The summed E-state index contributed by atoms with van der Waals surface area (Å²) in [7, 11) is 0. The van der Waals surface area contributed by atoms with E-state index in [-0.39, 0.29) is 0 Å². The van der Waals surface area contributed by atoms with Crippen LogP contribution in [0.25, 0.3) is 0 Å². The smallest absolute Gasteiger partial charge is 0.214 e. The average Bonchev–Trinajstić information content (AvgIpc) is 2.83. The molecule has 0 bridgehead atoms. The molecule has 0 saturated carbocycles. The van der Waals surface area contributed by atoms with Crippen molar-refractivity contribution in [1.82, 2.24) is 14.5 Å². The van der Waals surface area contributed by atoms with Crippen LogP contribution in [0.4, 0.5) is 5.95 Å². The van der Waals surface area contributed by atoms with Crippen molar-refractivity contribution >= 4 is 5.95 Å². The summed E-state index contributed by atoms with van der Waals surface area (Å²) in [6.07, 6.45) is 3.71. The van der Waals surface area contributed by atoms with Crippen molar-refractivity contribution in [2.24, 2.45) is 0 Å². The molecule has 5 heteroatoms. The van der Waals surface area contributed by atoms with E-state index in [0.717, 1.165) is 23.9 Å². The standard InChI is InChI=1S/C11H16N4O/c1-4-15-6-5-12-11(15)13-7-10-14-8(2)9(3)16-10/h5-6H,4,7H2,1-3H3,(H,12,13). The number of hydrogen-bond donors (Lipinski definition) is 1. The topological polar surface area (TPSA) is 55.9 Å². The third-order valence-electron chi connectivity index (χ3n) is 2.53. The highest BCUT2D eigenvalue weighted by Crippen LogP contribution is 2.10. The van der Waals surface area contributed by atoms with E-state index in [9.17, 15) is 0 Å². The van der Waals surface area contributed by atoms with Crippen molar-refractivity contribution in [1.29, 1.82) is 0 Å². The van der Waals surface area contributed by atoms with E-state index in [1.54, 1.807) is 6.20 Å². The van der Waals surface area contributed by atoms with Crippen LogP contribution in [0.2, 0.25) is 0 Å². The fraction of sp³-hybridized carbons (Fsp3) is 0.455. The summed E-state index contributed by atoms with van der Waals surface area (Å²) in [4.78, 5) is 8.51. The predicted octanol–water partition coefficient (Wildman–Crippen LogP) is 2.12. The fourth-order valence-corrected chi connectivity index (χ4v) is 1.50. The van der Waals surface area contributed by atoms with Crippen molar-refractivity contribution < 1.29 is 4.42 Å². The Morgan fingerprint density at radius 1 is 1.44 bits per heavy atom. The Morgan fingerprint density at radius 2 is 2.25 bits per heavy atom. The third kappa shape index (κ3) is 2.08. The highest BCUT2D eigenvalue weighted by atomic mass is 16.4. The molecule has 0 aliphatic heterocycles. The van der Waals surface area contributed by atoms with Gasteiger partial charge in [-0.05, 0) is 20.8 Å². The molecule has 0 atom stereocenters. The Balaban J connectivity index is 2.02. The first-order chi connectivity index (χ1) is 7.70. The van der Waals surface area contributed by atoms with E-state index < -0.39 is 0 Å². The zero-order chi connectivity index (χ0) is 11.5. The molecule has 0 amide bonds. The van der Waals surface area contributed by atoms with Crippen LogP contribution >= 0.6 is 0 Å². The molecule has 0 radical (unpaired) electrons. The molecule has 0 fully saturated rings. The van der Waals surface area contributed by atoms with Gasteiger partial charge < -0.3 is 14.3 Å². The maximum Gasteiger partial charge on any atom is 0.214 e. The fourth-order valence-electron chi connectivity index (χ4n) is 1.50. The Bertz CT molecular complexity index is 453. The maximum absolute atomic E-state index is 5.48.